The Morgan fingerprint density at radius 3 is 2.69 bits per heavy atom. The van der Waals surface area contributed by atoms with Crippen LogP contribution in [0.1, 0.15) is 18.5 Å². The standard InChI is InChI=1S/C10H13F2N/c1-8-3-2-4-13(8)7-9-5-10(11,12)6-9/h2-4,9H,5-7H2,1H3. The third-order valence-electron chi connectivity index (χ3n) is 2.69. The minimum atomic E-state index is -2.38. The van der Waals surface area contributed by atoms with Gasteiger partial charge in [-0.2, -0.15) is 0 Å². The second-order valence-corrected chi connectivity index (χ2v) is 3.93. The second-order valence-electron chi connectivity index (χ2n) is 3.93. The average molecular weight is 185 g/mol. The number of alkyl halides is 2. The number of nitrogens with zero attached hydrogens (tertiary/aromatic N) is 1. The van der Waals surface area contributed by atoms with Crippen LogP contribution >= 0.6 is 0 Å². The Hall–Kier alpha value is -0.860. The van der Waals surface area contributed by atoms with Crippen LogP contribution in [0.4, 0.5) is 8.78 Å². The minimum Gasteiger partial charge on any atom is -0.351 e. The molecule has 2 rings (SSSR count). The third-order valence-corrected chi connectivity index (χ3v) is 2.69. The first-order chi connectivity index (χ1) is 6.07. The smallest absolute Gasteiger partial charge is 0.248 e. The van der Waals surface area contributed by atoms with E-state index in [1.54, 1.807) is 0 Å². The van der Waals surface area contributed by atoms with E-state index in [4.69, 9.17) is 0 Å². The first-order valence-electron chi connectivity index (χ1n) is 4.56. The molecule has 1 aromatic rings. The van der Waals surface area contributed by atoms with E-state index in [-0.39, 0.29) is 18.8 Å². The molecular formula is C10H13F2N. The molecule has 0 bridgehead atoms. The number of aromatic nitrogens is 1. The summed E-state index contributed by atoms with van der Waals surface area (Å²) in [6.07, 6.45) is 2.07. The van der Waals surface area contributed by atoms with Gasteiger partial charge in [-0.15, -0.1) is 0 Å². The molecular weight excluding hydrogens is 172 g/mol. The number of hydrogen-bond acceptors (Lipinski definition) is 0. The van der Waals surface area contributed by atoms with Crippen LogP contribution in [0.25, 0.3) is 0 Å². The quantitative estimate of drug-likeness (QED) is 0.667. The summed E-state index contributed by atoms with van der Waals surface area (Å²) >= 11 is 0. The summed E-state index contributed by atoms with van der Waals surface area (Å²) in [6.45, 7) is 2.74. The van der Waals surface area contributed by atoms with Crippen molar-refractivity contribution in [3.05, 3.63) is 24.0 Å². The fourth-order valence-corrected chi connectivity index (χ4v) is 1.90. The normalized spacial score (nSPS) is 21.5. The number of hydrogen-bond donors (Lipinski definition) is 0. The van der Waals surface area contributed by atoms with Gasteiger partial charge in [0.1, 0.15) is 0 Å². The molecule has 0 aliphatic heterocycles. The number of halogens is 2. The van der Waals surface area contributed by atoms with Gasteiger partial charge in [-0.25, -0.2) is 8.78 Å². The van der Waals surface area contributed by atoms with Crippen LogP contribution in [0.2, 0.25) is 0 Å². The van der Waals surface area contributed by atoms with E-state index >= 15 is 0 Å². The molecule has 1 aliphatic rings. The Labute approximate surface area is 76.4 Å². The molecule has 0 amide bonds. The summed E-state index contributed by atoms with van der Waals surface area (Å²) in [7, 11) is 0. The van der Waals surface area contributed by atoms with E-state index in [0.29, 0.717) is 0 Å². The first kappa shape index (κ1) is 8.73. The molecule has 0 unspecified atom stereocenters. The van der Waals surface area contributed by atoms with E-state index in [2.05, 4.69) is 0 Å². The third kappa shape index (κ3) is 1.74. The Kier molecular flexibility index (Phi) is 1.90. The van der Waals surface area contributed by atoms with Gasteiger partial charge in [-0.05, 0) is 25.0 Å². The van der Waals surface area contributed by atoms with E-state index in [1.807, 2.05) is 29.8 Å². The number of rotatable bonds is 2. The Morgan fingerprint density at radius 2 is 2.23 bits per heavy atom. The maximum absolute atomic E-state index is 12.5. The molecule has 0 saturated heterocycles. The van der Waals surface area contributed by atoms with Crippen molar-refractivity contribution in [1.29, 1.82) is 0 Å². The van der Waals surface area contributed by atoms with Crippen molar-refractivity contribution in [3.8, 4) is 0 Å². The van der Waals surface area contributed by atoms with E-state index in [9.17, 15) is 8.78 Å². The van der Waals surface area contributed by atoms with Crippen LogP contribution in [-0.4, -0.2) is 10.5 Å². The van der Waals surface area contributed by atoms with Crippen LogP contribution in [0, 0.1) is 12.8 Å². The largest absolute Gasteiger partial charge is 0.351 e. The van der Waals surface area contributed by atoms with Crippen LogP contribution in [0.15, 0.2) is 18.3 Å². The summed E-state index contributed by atoms with van der Waals surface area (Å²) in [6, 6.07) is 3.95. The highest BCUT2D eigenvalue weighted by molar-refractivity contribution is 5.05. The fourth-order valence-electron chi connectivity index (χ4n) is 1.90. The van der Waals surface area contributed by atoms with Crippen LogP contribution in [-0.2, 0) is 6.54 Å². The van der Waals surface area contributed by atoms with Crippen molar-refractivity contribution >= 4 is 0 Å². The molecule has 0 aromatic carbocycles. The van der Waals surface area contributed by atoms with Crippen molar-refractivity contribution in [3.63, 3.8) is 0 Å². The molecule has 3 heteroatoms. The monoisotopic (exact) mass is 185 g/mol. The fraction of sp³-hybridized carbons (Fsp3) is 0.600. The number of aryl methyl sites for hydroxylation is 1. The highest BCUT2D eigenvalue weighted by Crippen LogP contribution is 2.43. The van der Waals surface area contributed by atoms with Gasteiger partial charge in [0.15, 0.2) is 0 Å². The lowest BCUT2D eigenvalue weighted by molar-refractivity contribution is -0.114. The van der Waals surface area contributed by atoms with Gasteiger partial charge >= 0.3 is 0 Å². The lowest BCUT2D eigenvalue weighted by Crippen LogP contribution is -2.37. The van der Waals surface area contributed by atoms with Crippen molar-refractivity contribution < 1.29 is 8.78 Å². The lowest BCUT2D eigenvalue weighted by atomic mass is 9.81. The summed E-state index contributed by atoms with van der Waals surface area (Å²) in [5.41, 5.74) is 1.15. The van der Waals surface area contributed by atoms with Gasteiger partial charge in [0, 0.05) is 31.3 Å². The lowest BCUT2D eigenvalue weighted by Gasteiger charge is -2.35. The van der Waals surface area contributed by atoms with Crippen molar-refractivity contribution in [2.24, 2.45) is 5.92 Å². The van der Waals surface area contributed by atoms with Gasteiger partial charge in [0.2, 0.25) is 5.92 Å². The van der Waals surface area contributed by atoms with Crippen molar-refractivity contribution in [2.45, 2.75) is 32.2 Å². The van der Waals surface area contributed by atoms with Crippen LogP contribution in [0.3, 0.4) is 0 Å². The summed E-state index contributed by atoms with van der Waals surface area (Å²) in [5.74, 6) is -2.22. The van der Waals surface area contributed by atoms with Crippen LogP contribution < -0.4 is 0 Å². The summed E-state index contributed by atoms with van der Waals surface area (Å²) in [4.78, 5) is 0. The molecule has 0 N–H and O–H groups in total. The molecule has 0 radical (unpaired) electrons. The topological polar surface area (TPSA) is 4.93 Å². The summed E-state index contributed by atoms with van der Waals surface area (Å²) in [5, 5.41) is 0. The van der Waals surface area contributed by atoms with Gasteiger partial charge in [0.25, 0.3) is 0 Å². The predicted molar refractivity (Wildman–Crippen MR) is 46.8 cm³/mol. The molecule has 1 aliphatic carbocycles. The maximum Gasteiger partial charge on any atom is 0.248 e. The average Bonchev–Trinajstić information content (AvgIpc) is 2.33. The molecule has 1 aromatic heterocycles. The maximum atomic E-state index is 12.5. The van der Waals surface area contributed by atoms with E-state index in [1.165, 1.54) is 0 Å². The van der Waals surface area contributed by atoms with Crippen molar-refractivity contribution in [2.75, 3.05) is 0 Å². The second kappa shape index (κ2) is 2.82. The molecule has 1 heterocycles. The molecule has 1 nitrogen and oxygen atoms in total. The van der Waals surface area contributed by atoms with Crippen LogP contribution in [0.5, 0.6) is 0 Å². The molecule has 1 saturated carbocycles. The van der Waals surface area contributed by atoms with Gasteiger partial charge in [-0.3, -0.25) is 0 Å². The zero-order valence-electron chi connectivity index (χ0n) is 7.63. The zero-order valence-corrected chi connectivity index (χ0v) is 7.63. The molecule has 72 valence electrons. The molecule has 0 atom stereocenters. The Bertz CT molecular complexity index is 296. The van der Waals surface area contributed by atoms with Gasteiger partial charge < -0.3 is 4.57 Å². The van der Waals surface area contributed by atoms with E-state index in [0.717, 1.165) is 12.2 Å². The Morgan fingerprint density at radius 1 is 1.54 bits per heavy atom. The molecule has 13 heavy (non-hydrogen) atoms. The predicted octanol–water partition coefficient (Wildman–Crippen LogP) is 2.84. The Balaban J connectivity index is 1.91. The highest BCUT2D eigenvalue weighted by atomic mass is 19.3. The first-order valence-corrected chi connectivity index (χ1v) is 4.56. The zero-order chi connectivity index (χ0) is 9.47. The molecule has 0 spiro atoms. The summed E-state index contributed by atoms with van der Waals surface area (Å²) < 4.78 is 27.1. The minimum absolute atomic E-state index is 0.0601. The highest BCUT2D eigenvalue weighted by Gasteiger charge is 2.45. The molecule has 1 fully saturated rings. The SMILES string of the molecule is Cc1cccn1CC1CC(F)(F)C1. The van der Waals surface area contributed by atoms with Crippen molar-refractivity contribution in [1.82, 2.24) is 4.57 Å². The van der Waals surface area contributed by atoms with Gasteiger partial charge in [-0.1, -0.05) is 0 Å². The van der Waals surface area contributed by atoms with Gasteiger partial charge in [0.05, 0.1) is 0 Å². The van der Waals surface area contributed by atoms with E-state index < -0.39 is 5.92 Å².